The van der Waals surface area contributed by atoms with Gasteiger partial charge in [-0.15, -0.1) is 0 Å². The van der Waals surface area contributed by atoms with Gasteiger partial charge in [0, 0.05) is 10.4 Å². The lowest BCUT2D eigenvalue weighted by Crippen LogP contribution is -1.95. The van der Waals surface area contributed by atoms with Crippen molar-refractivity contribution in [2.24, 2.45) is 0 Å². The fourth-order valence-corrected chi connectivity index (χ4v) is 2.25. The van der Waals surface area contributed by atoms with Gasteiger partial charge in [-0.05, 0) is 48.0 Å². The number of aromatic carboxylic acids is 1. The van der Waals surface area contributed by atoms with Crippen LogP contribution in [-0.2, 0) is 0 Å². The third kappa shape index (κ3) is 3.15. The van der Waals surface area contributed by atoms with Crippen LogP contribution in [0, 0.1) is 0 Å². The van der Waals surface area contributed by atoms with E-state index >= 15 is 0 Å². The number of carboxylic acids is 1. The maximum Gasteiger partial charge on any atom is 0.335 e. The first-order chi connectivity index (χ1) is 10.6. The summed E-state index contributed by atoms with van der Waals surface area (Å²) in [6.45, 7) is 0. The molecule has 0 aliphatic heterocycles. The summed E-state index contributed by atoms with van der Waals surface area (Å²) in [6.07, 6.45) is 3.86. The Morgan fingerprint density at radius 3 is 2.50 bits per heavy atom. The largest absolute Gasteiger partial charge is 0.478 e. The molecule has 4 heteroatoms. The minimum Gasteiger partial charge on any atom is -0.478 e. The predicted molar refractivity (Wildman–Crippen MR) is 89.1 cm³/mol. The number of rotatable bonds is 3. The Balaban J connectivity index is 1.90. The lowest BCUT2D eigenvalue weighted by molar-refractivity contribution is 0.0697. The number of hydrogen-bond donors (Lipinski definition) is 1. The van der Waals surface area contributed by atoms with Gasteiger partial charge in [0.2, 0.25) is 0 Å². The van der Waals surface area contributed by atoms with Crippen molar-refractivity contribution in [1.29, 1.82) is 0 Å². The smallest absolute Gasteiger partial charge is 0.335 e. The summed E-state index contributed by atoms with van der Waals surface area (Å²) in [7, 11) is 0. The quantitative estimate of drug-likeness (QED) is 0.759. The molecule has 0 aliphatic carbocycles. The van der Waals surface area contributed by atoms with Crippen molar-refractivity contribution in [1.82, 2.24) is 4.98 Å². The number of fused-ring (bicyclic) bond motifs is 1. The highest BCUT2D eigenvalue weighted by molar-refractivity contribution is 6.30. The normalized spacial score (nSPS) is 11.1. The lowest BCUT2D eigenvalue weighted by Gasteiger charge is -2.01. The fourth-order valence-electron chi connectivity index (χ4n) is 2.12. The van der Waals surface area contributed by atoms with Gasteiger partial charge in [-0.3, -0.25) is 0 Å². The van der Waals surface area contributed by atoms with Crippen LogP contribution >= 0.6 is 11.6 Å². The molecule has 2 aromatic carbocycles. The lowest BCUT2D eigenvalue weighted by atomic mass is 10.1. The predicted octanol–water partition coefficient (Wildman–Crippen LogP) is 4.76. The van der Waals surface area contributed by atoms with Crippen LogP contribution in [-0.4, -0.2) is 16.1 Å². The van der Waals surface area contributed by atoms with E-state index in [0.29, 0.717) is 5.02 Å². The van der Waals surface area contributed by atoms with E-state index in [-0.39, 0.29) is 5.56 Å². The molecule has 0 saturated carbocycles. The number of pyridine rings is 1. The monoisotopic (exact) mass is 309 g/mol. The average molecular weight is 310 g/mol. The second-order valence-electron chi connectivity index (χ2n) is 4.83. The number of benzene rings is 2. The molecule has 1 N–H and O–H groups in total. The SMILES string of the molecule is O=C(O)c1ccc2nc(/C=C/c3ccc(Cl)cc3)ccc2c1. The van der Waals surface area contributed by atoms with E-state index in [9.17, 15) is 4.79 Å². The zero-order valence-corrected chi connectivity index (χ0v) is 12.3. The molecule has 3 nitrogen and oxygen atoms in total. The Hall–Kier alpha value is -2.65. The third-order valence-electron chi connectivity index (χ3n) is 3.27. The summed E-state index contributed by atoms with van der Waals surface area (Å²) in [6, 6.07) is 16.2. The highest BCUT2D eigenvalue weighted by Gasteiger charge is 2.04. The van der Waals surface area contributed by atoms with E-state index in [1.54, 1.807) is 18.2 Å². The molecule has 0 radical (unpaired) electrons. The zero-order valence-electron chi connectivity index (χ0n) is 11.5. The number of nitrogens with zero attached hydrogens (tertiary/aromatic N) is 1. The van der Waals surface area contributed by atoms with Crippen molar-refractivity contribution in [2.45, 2.75) is 0 Å². The van der Waals surface area contributed by atoms with Gasteiger partial charge in [0.05, 0.1) is 16.8 Å². The van der Waals surface area contributed by atoms with Gasteiger partial charge in [-0.25, -0.2) is 9.78 Å². The van der Waals surface area contributed by atoms with E-state index < -0.39 is 5.97 Å². The number of carbonyl (C=O) groups is 1. The Morgan fingerprint density at radius 2 is 1.77 bits per heavy atom. The Kier molecular flexibility index (Phi) is 3.90. The van der Waals surface area contributed by atoms with E-state index in [1.807, 2.05) is 48.6 Å². The summed E-state index contributed by atoms with van der Waals surface area (Å²) in [5.74, 6) is -0.936. The van der Waals surface area contributed by atoms with Crippen LogP contribution in [0.4, 0.5) is 0 Å². The van der Waals surface area contributed by atoms with E-state index in [2.05, 4.69) is 4.98 Å². The van der Waals surface area contributed by atoms with Crippen molar-refractivity contribution in [3.63, 3.8) is 0 Å². The maximum atomic E-state index is 11.0. The molecular formula is C18H12ClNO2. The first kappa shape index (κ1) is 14.3. The van der Waals surface area contributed by atoms with Gasteiger partial charge in [-0.2, -0.15) is 0 Å². The summed E-state index contributed by atoms with van der Waals surface area (Å²) in [5, 5.41) is 10.5. The third-order valence-corrected chi connectivity index (χ3v) is 3.53. The van der Waals surface area contributed by atoms with Crippen LogP contribution in [0.3, 0.4) is 0 Å². The summed E-state index contributed by atoms with van der Waals surface area (Å²) >= 11 is 5.85. The summed E-state index contributed by atoms with van der Waals surface area (Å²) in [4.78, 5) is 15.5. The minimum atomic E-state index is -0.936. The van der Waals surface area contributed by atoms with Crippen molar-refractivity contribution in [3.8, 4) is 0 Å². The zero-order chi connectivity index (χ0) is 15.5. The highest BCUT2D eigenvalue weighted by Crippen LogP contribution is 2.17. The number of halogens is 1. The van der Waals surface area contributed by atoms with Crippen LogP contribution < -0.4 is 0 Å². The van der Waals surface area contributed by atoms with E-state index in [0.717, 1.165) is 22.2 Å². The second kappa shape index (κ2) is 6.00. The Bertz CT molecular complexity index is 870. The molecule has 3 rings (SSSR count). The van der Waals surface area contributed by atoms with Crippen molar-refractivity contribution >= 4 is 40.6 Å². The first-order valence-corrected chi connectivity index (χ1v) is 7.07. The van der Waals surface area contributed by atoms with Crippen molar-refractivity contribution in [3.05, 3.63) is 76.4 Å². The number of carboxylic acid groups (broad SMARTS) is 1. The molecule has 0 amide bonds. The van der Waals surface area contributed by atoms with Crippen LogP contribution in [0.15, 0.2) is 54.6 Å². The van der Waals surface area contributed by atoms with Gasteiger partial charge in [0.1, 0.15) is 0 Å². The molecule has 0 aliphatic rings. The molecule has 3 aromatic rings. The van der Waals surface area contributed by atoms with Crippen LogP contribution in [0.5, 0.6) is 0 Å². The van der Waals surface area contributed by atoms with Crippen molar-refractivity contribution < 1.29 is 9.90 Å². The van der Waals surface area contributed by atoms with Gasteiger partial charge >= 0.3 is 5.97 Å². The Labute approximate surface area is 132 Å². The summed E-state index contributed by atoms with van der Waals surface area (Å²) in [5.41, 5.74) is 2.88. The molecule has 0 bridgehead atoms. The van der Waals surface area contributed by atoms with Crippen LogP contribution in [0.2, 0.25) is 5.02 Å². The highest BCUT2D eigenvalue weighted by atomic mass is 35.5. The van der Waals surface area contributed by atoms with Gasteiger partial charge in [0.15, 0.2) is 0 Å². The second-order valence-corrected chi connectivity index (χ2v) is 5.27. The summed E-state index contributed by atoms with van der Waals surface area (Å²) < 4.78 is 0. The Morgan fingerprint density at radius 1 is 1.00 bits per heavy atom. The van der Waals surface area contributed by atoms with Crippen LogP contribution in [0.1, 0.15) is 21.6 Å². The van der Waals surface area contributed by atoms with Gasteiger partial charge in [0.25, 0.3) is 0 Å². The standard InChI is InChI=1S/C18H12ClNO2/c19-15-6-1-12(2-7-15)3-8-16-9-4-13-11-14(18(21)22)5-10-17(13)20-16/h1-11H,(H,21,22)/b8-3+. The van der Waals surface area contributed by atoms with E-state index in [4.69, 9.17) is 16.7 Å². The number of hydrogen-bond acceptors (Lipinski definition) is 2. The average Bonchev–Trinajstić information content (AvgIpc) is 2.53. The fraction of sp³-hybridized carbons (Fsp3) is 0. The van der Waals surface area contributed by atoms with Crippen molar-refractivity contribution in [2.75, 3.05) is 0 Å². The minimum absolute atomic E-state index is 0.263. The molecule has 22 heavy (non-hydrogen) atoms. The molecule has 0 fully saturated rings. The molecule has 0 spiro atoms. The molecule has 1 heterocycles. The molecule has 0 saturated heterocycles. The molecule has 108 valence electrons. The van der Waals surface area contributed by atoms with Gasteiger partial charge < -0.3 is 5.11 Å². The van der Waals surface area contributed by atoms with Crippen LogP contribution in [0.25, 0.3) is 23.1 Å². The maximum absolute atomic E-state index is 11.0. The molecular weight excluding hydrogens is 298 g/mol. The van der Waals surface area contributed by atoms with Gasteiger partial charge in [-0.1, -0.05) is 35.9 Å². The molecule has 0 atom stereocenters. The number of aromatic nitrogens is 1. The molecule has 1 aromatic heterocycles. The first-order valence-electron chi connectivity index (χ1n) is 6.69. The van der Waals surface area contributed by atoms with E-state index in [1.165, 1.54) is 0 Å². The molecule has 0 unspecified atom stereocenters. The topological polar surface area (TPSA) is 50.2 Å².